The lowest BCUT2D eigenvalue weighted by atomic mass is 9.73. The van der Waals surface area contributed by atoms with Crippen molar-refractivity contribution in [2.45, 2.75) is 57.5 Å². The number of hydrogen-bond donors (Lipinski definition) is 1. The summed E-state index contributed by atoms with van der Waals surface area (Å²) >= 11 is 1.62. The highest BCUT2D eigenvalue weighted by molar-refractivity contribution is 7.98. The summed E-state index contributed by atoms with van der Waals surface area (Å²) in [5.74, 6) is 2.44. The third-order valence-electron chi connectivity index (χ3n) is 6.61. The summed E-state index contributed by atoms with van der Waals surface area (Å²) in [4.78, 5) is 18.2. The smallest absolute Gasteiger partial charge is 0.227 e. The molecule has 0 radical (unpaired) electrons. The molecule has 3 aromatic rings. The topological polar surface area (TPSA) is 69.0 Å². The van der Waals surface area contributed by atoms with Crippen LogP contribution >= 0.6 is 11.8 Å². The molecule has 6 nitrogen and oxygen atoms in total. The molecule has 0 amide bonds. The lowest BCUT2D eigenvalue weighted by molar-refractivity contribution is -0.118. The number of carbonyl (C=O) groups excluding carboxylic acids is 1. The fourth-order valence-electron chi connectivity index (χ4n) is 4.84. The summed E-state index contributed by atoms with van der Waals surface area (Å²) in [6.45, 7) is 8.53. The molecule has 5 rings (SSSR count). The van der Waals surface area contributed by atoms with E-state index in [9.17, 15) is 4.79 Å². The van der Waals surface area contributed by atoms with E-state index >= 15 is 0 Å². The summed E-state index contributed by atoms with van der Waals surface area (Å²) < 4.78 is 7.23. The van der Waals surface area contributed by atoms with Gasteiger partial charge in [0.05, 0.1) is 7.11 Å². The van der Waals surface area contributed by atoms with E-state index in [1.54, 1.807) is 18.9 Å². The molecule has 1 aliphatic heterocycles. The van der Waals surface area contributed by atoms with E-state index in [0.29, 0.717) is 17.5 Å². The number of nitrogens with one attached hydrogen (secondary N) is 1. The van der Waals surface area contributed by atoms with E-state index in [4.69, 9.17) is 14.8 Å². The van der Waals surface area contributed by atoms with Crippen molar-refractivity contribution < 1.29 is 9.53 Å². The van der Waals surface area contributed by atoms with Gasteiger partial charge in [0.2, 0.25) is 11.1 Å². The summed E-state index contributed by atoms with van der Waals surface area (Å²) in [6.07, 6.45) is 1.33. The Kier molecular flexibility index (Phi) is 5.76. The molecule has 2 aliphatic rings. The Morgan fingerprint density at radius 1 is 1.15 bits per heavy atom. The summed E-state index contributed by atoms with van der Waals surface area (Å²) in [7, 11) is 1.65. The van der Waals surface area contributed by atoms with Gasteiger partial charge in [-0.1, -0.05) is 61.5 Å². The van der Waals surface area contributed by atoms with E-state index < -0.39 is 0 Å². The van der Waals surface area contributed by atoms with Crippen molar-refractivity contribution in [3.8, 4) is 5.75 Å². The Morgan fingerprint density at radius 3 is 2.65 bits per heavy atom. The molecule has 0 saturated heterocycles. The van der Waals surface area contributed by atoms with Crippen molar-refractivity contribution >= 4 is 23.5 Å². The quantitative estimate of drug-likeness (QED) is 0.468. The van der Waals surface area contributed by atoms with Gasteiger partial charge >= 0.3 is 0 Å². The van der Waals surface area contributed by atoms with Crippen LogP contribution in [0.15, 0.2) is 58.9 Å². The number of carbonyl (C=O) groups is 1. The van der Waals surface area contributed by atoms with Gasteiger partial charge in [-0.2, -0.15) is 4.98 Å². The Labute approximate surface area is 204 Å². The minimum Gasteiger partial charge on any atom is -0.497 e. The second-order valence-corrected chi connectivity index (χ2v) is 11.0. The molecule has 2 heterocycles. The normalized spacial score (nSPS) is 18.9. The molecule has 1 unspecified atom stereocenters. The highest BCUT2D eigenvalue weighted by Crippen LogP contribution is 2.45. The molecule has 34 heavy (non-hydrogen) atoms. The molecule has 0 bridgehead atoms. The molecule has 0 fully saturated rings. The molecular weight excluding hydrogens is 444 g/mol. The van der Waals surface area contributed by atoms with Gasteiger partial charge in [-0.15, -0.1) is 5.10 Å². The number of aromatic nitrogens is 3. The molecule has 1 N–H and O–H groups in total. The number of fused-ring (bicyclic) bond motifs is 1. The summed E-state index contributed by atoms with van der Waals surface area (Å²) in [5, 5.41) is 9.03. The maximum atomic E-state index is 13.4. The van der Waals surface area contributed by atoms with Crippen molar-refractivity contribution in [1.82, 2.24) is 14.8 Å². The number of nitrogens with zero attached hydrogens (tertiary/aromatic N) is 3. The highest BCUT2D eigenvalue weighted by atomic mass is 32.2. The molecular formula is C27H30N4O2S. The molecule has 176 valence electrons. The maximum absolute atomic E-state index is 13.4. The van der Waals surface area contributed by atoms with Crippen LogP contribution in [0, 0.1) is 19.3 Å². The number of Topliss-reactive ketones (excluding diaryl/α,β-unsaturated/α-hetero) is 1. The zero-order valence-electron chi connectivity index (χ0n) is 20.3. The van der Waals surface area contributed by atoms with Crippen LogP contribution in [-0.2, 0) is 10.5 Å². The Morgan fingerprint density at radius 2 is 1.91 bits per heavy atom. The number of ether oxygens (including phenoxy) is 1. The van der Waals surface area contributed by atoms with Gasteiger partial charge in [-0.05, 0) is 54.5 Å². The van der Waals surface area contributed by atoms with Gasteiger partial charge in [0.15, 0.2) is 5.78 Å². The van der Waals surface area contributed by atoms with Gasteiger partial charge < -0.3 is 10.1 Å². The molecule has 2 aromatic carbocycles. The predicted octanol–water partition coefficient (Wildman–Crippen LogP) is 5.85. The third-order valence-corrected chi connectivity index (χ3v) is 7.49. The first-order valence-corrected chi connectivity index (χ1v) is 12.6. The van der Waals surface area contributed by atoms with Crippen molar-refractivity contribution in [3.63, 3.8) is 0 Å². The first-order chi connectivity index (χ1) is 16.2. The lowest BCUT2D eigenvalue weighted by Gasteiger charge is -2.38. The van der Waals surface area contributed by atoms with Crippen LogP contribution in [0.4, 0.5) is 5.95 Å². The summed E-state index contributed by atoms with van der Waals surface area (Å²) in [5.41, 5.74) is 6.47. The Hall–Kier alpha value is -3.06. The number of aryl methyl sites for hydroxylation is 2. The van der Waals surface area contributed by atoms with E-state index in [2.05, 4.69) is 51.2 Å². The van der Waals surface area contributed by atoms with Crippen LogP contribution in [0.1, 0.15) is 55.0 Å². The van der Waals surface area contributed by atoms with Gasteiger partial charge in [0, 0.05) is 23.4 Å². The zero-order chi connectivity index (χ0) is 24.0. The van der Waals surface area contributed by atoms with E-state index in [-0.39, 0.29) is 17.2 Å². The van der Waals surface area contributed by atoms with Crippen molar-refractivity contribution in [2.24, 2.45) is 5.41 Å². The number of rotatable bonds is 5. The predicted molar refractivity (Wildman–Crippen MR) is 135 cm³/mol. The zero-order valence-corrected chi connectivity index (χ0v) is 21.1. The number of allylic oxidation sites excluding steroid dienone is 2. The molecule has 1 aromatic heterocycles. The van der Waals surface area contributed by atoms with Crippen LogP contribution in [0.5, 0.6) is 5.75 Å². The van der Waals surface area contributed by atoms with Gasteiger partial charge in [0.1, 0.15) is 11.8 Å². The largest absolute Gasteiger partial charge is 0.497 e. The second kappa shape index (κ2) is 8.62. The number of methoxy groups -OCH3 is 1. The van der Waals surface area contributed by atoms with Gasteiger partial charge in [-0.25, -0.2) is 4.68 Å². The number of anilines is 1. The van der Waals surface area contributed by atoms with Crippen LogP contribution in [0.25, 0.3) is 0 Å². The van der Waals surface area contributed by atoms with Gasteiger partial charge in [0.25, 0.3) is 0 Å². The standard InChI is InChI=1S/C27H30N4O2S/c1-16-6-7-17(2)19(12-16)15-34-26-29-25-28-21-13-27(3,4)14-22(32)23(21)24(31(25)30-26)18-8-10-20(33-5)11-9-18/h6-12,24H,13-15H2,1-5H3,(H,28,29,30). The second-order valence-electron chi connectivity index (χ2n) is 10.0. The van der Waals surface area contributed by atoms with Crippen LogP contribution in [-0.4, -0.2) is 27.7 Å². The minimum absolute atomic E-state index is 0.0875. The number of benzene rings is 2. The monoisotopic (exact) mass is 474 g/mol. The number of ketones is 1. The fraction of sp³-hybridized carbons (Fsp3) is 0.370. The average molecular weight is 475 g/mol. The van der Waals surface area contributed by atoms with Gasteiger partial charge in [-0.3, -0.25) is 4.79 Å². The molecule has 0 spiro atoms. The first-order valence-electron chi connectivity index (χ1n) is 11.6. The number of thioether (sulfide) groups is 1. The van der Waals surface area contributed by atoms with Crippen LogP contribution in [0.3, 0.4) is 0 Å². The summed E-state index contributed by atoms with van der Waals surface area (Å²) in [6, 6.07) is 14.1. The molecule has 7 heteroatoms. The van der Waals surface area contributed by atoms with Crippen molar-refractivity contribution in [3.05, 3.63) is 76.0 Å². The average Bonchev–Trinajstić information content (AvgIpc) is 3.20. The highest BCUT2D eigenvalue weighted by Gasteiger charge is 2.41. The molecule has 1 aliphatic carbocycles. The Bertz CT molecular complexity index is 1290. The van der Waals surface area contributed by atoms with E-state index in [0.717, 1.165) is 34.8 Å². The maximum Gasteiger partial charge on any atom is 0.227 e. The molecule has 0 saturated carbocycles. The number of hydrogen-bond acceptors (Lipinski definition) is 6. The SMILES string of the molecule is COc1ccc(C2C3=C(CC(C)(C)CC3=O)Nc3nc(SCc4cc(C)ccc4C)nn32)cc1. The van der Waals surface area contributed by atoms with Crippen molar-refractivity contribution in [1.29, 1.82) is 0 Å². The van der Waals surface area contributed by atoms with Crippen LogP contribution < -0.4 is 10.1 Å². The first kappa shape index (κ1) is 22.7. The van der Waals surface area contributed by atoms with Crippen molar-refractivity contribution in [2.75, 3.05) is 12.4 Å². The molecule has 1 atom stereocenters. The van der Waals surface area contributed by atoms with E-state index in [1.165, 1.54) is 16.7 Å². The lowest BCUT2D eigenvalue weighted by Crippen LogP contribution is -2.36. The minimum atomic E-state index is -0.302. The Balaban J connectivity index is 1.52. The fourth-order valence-corrected chi connectivity index (χ4v) is 5.74. The van der Waals surface area contributed by atoms with Crippen LogP contribution in [0.2, 0.25) is 0 Å². The van der Waals surface area contributed by atoms with E-state index in [1.807, 2.05) is 28.9 Å². The third kappa shape index (κ3) is 4.25.